The molecule has 1 amide bonds. The highest BCUT2D eigenvalue weighted by atomic mass is 16.4. The Bertz CT molecular complexity index is 705. The van der Waals surface area contributed by atoms with Gasteiger partial charge in [-0.15, -0.1) is 0 Å². The molecule has 4 nitrogen and oxygen atoms in total. The number of nitrogens with one attached hydrogen (secondary N) is 1. The molecule has 2 aromatic carbocycles. The average Bonchev–Trinajstić information content (AvgIpc) is 2.50. The van der Waals surface area contributed by atoms with Gasteiger partial charge in [-0.05, 0) is 61.7 Å². The predicted molar refractivity (Wildman–Crippen MR) is 86.4 cm³/mol. The molecule has 0 bridgehead atoms. The van der Waals surface area contributed by atoms with Crippen molar-refractivity contribution >= 4 is 17.6 Å². The predicted octanol–water partition coefficient (Wildman–Crippen LogP) is 3.74. The summed E-state index contributed by atoms with van der Waals surface area (Å²) < 4.78 is 0. The monoisotopic (exact) mass is 297 g/mol. The molecule has 4 heteroatoms. The van der Waals surface area contributed by atoms with Crippen molar-refractivity contribution in [3.05, 3.63) is 64.7 Å². The fraction of sp³-hybridized carbons (Fsp3) is 0.222. The molecule has 0 saturated heterocycles. The topological polar surface area (TPSA) is 66.4 Å². The molecule has 0 aliphatic rings. The van der Waals surface area contributed by atoms with Gasteiger partial charge < -0.3 is 10.4 Å². The third-order valence-electron chi connectivity index (χ3n) is 3.81. The van der Waals surface area contributed by atoms with Crippen LogP contribution < -0.4 is 5.32 Å². The molecule has 2 aromatic rings. The largest absolute Gasteiger partial charge is 0.481 e. The smallest absolute Gasteiger partial charge is 0.310 e. The van der Waals surface area contributed by atoms with Gasteiger partial charge in [-0.1, -0.05) is 18.2 Å². The van der Waals surface area contributed by atoms with Crippen molar-refractivity contribution < 1.29 is 14.7 Å². The number of carbonyl (C=O) groups excluding carboxylic acids is 1. The summed E-state index contributed by atoms with van der Waals surface area (Å²) in [5.41, 5.74) is 4.16. The number of amides is 1. The Morgan fingerprint density at radius 2 is 1.64 bits per heavy atom. The zero-order valence-corrected chi connectivity index (χ0v) is 12.9. The first-order valence-electron chi connectivity index (χ1n) is 7.10. The Labute approximate surface area is 129 Å². The number of hydrogen-bond donors (Lipinski definition) is 2. The Hall–Kier alpha value is -2.62. The van der Waals surface area contributed by atoms with E-state index in [2.05, 4.69) is 5.32 Å². The molecule has 22 heavy (non-hydrogen) atoms. The van der Waals surface area contributed by atoms with Crippen molar-refractivity contribution in [3.8, 4) is 0 Å². The standard InChI is InChI=1S/C18H19NO3/c1-11-4-5-15(10-12(11)2)17(20)19-16-8-6-14(7-9-16)13(3)18(21)22/h4-10,13H,1-3H3,(H,19,20)(H,21,22). The Morgan fingerprint density at radius 3 is 2.18 bits per heavy atom. The van der Waals surface area contributed by atoms with Crippen LogP contribution in [0.15, 0.2) is 42.5 Å². The number of carboxylic acids is 1. The Morgan fingerprint density at radius 1 is 1.00 bits per heavy atom. The van der Waals surface area contributed by atoms with Gasteiger partial charge in [0.25, 0.3) is 5.91 Å². The van der Waals surface area contributed by atoms with Gasteiger partial charge in [-0.25, -0.2) is 0 Å². The molecule has 0 aromatic heterocycles. The number of aliphatic carboxylic acids is 1. The van der Waals surface area contributed by atoms with E-state index in [1.165, 1.54) is 0 Å². The zero-order valence-electron chi connectivity index (χ0n) is 12.9. The van der Waals surface area contributed by atoms with Gasteiger partial charge in [-0.2, -0.15) is 0 Å². The van der Waals surface area contributed by atoms with E-state index in [1.54, 1.807) is 37.3 Å². The first kappa shape index (κ1) is 15.8. The maximum atomic E-state index is 12.2. The normalized spacial score (nSPS) is 11.8. The second kappa shape index (κ2) is 6.43. The molecular formula is C18H19NO3. The molecule has 0 saturated carbocycles. The molecule has 0 aliphatic heterocycles. The molecule has 0 spiro atoms. The van der Waals surface area contributed by atoms with Crippen molar-refractivity contribution in [1.29, 1.82) is 0 Å². The van der Waals surface area contributed by atoms with Crippen LogP contribution in [0, 0.1) is 13.8 Å². The minimum absolute atomic E-state index is 0.179. The molecule has 2 N–H and O–H groups in total. The fourth-order valence-electron chi connectivity index (χ4n) is 2.08. The van der Waals surface area contributed by atoms with E-state index in [9.17, 15) is 9.59 Å². The lowest BCUT2D eigenvalue weighted by molar-refractivity contribution is -0.138. The molecular weight excluding hydrogens is 278 g/mol. The quantitative estimate of drug-likeness (QED) is 0.903. The number of anilines is 1. The summed E-state index contributed by atoms with van der Waals surface area (Å²) in [6.45, 7) is 5.60. The average molecular weight is 297 g/mol. The molecule has 1 atom stereocenters. The van der Waals surface area contributed by atoms with Crippen molar-refractivity contribution in [2.45, 2.75) is 26.7 Å². The number of aryl methyl sites for hydroxylation is 2. The van der Waals surface area contributed by atoms with Crippen LogP contribution >= 0.6 is 0 Å². The lowest BCUT2D eigenvalue weighted by Crippen LogP contribution is -2.12. The second-order valence-corrected chi connectivity index (χ2v) is 5.44. The number of benzene rings is 2. The van der Waals surface area contributed by atoms with Gasteiger partial charge in [0, 0.05) is 11.3 Å². The number of carboxylic acid groups (broad SMARTS) is 1. The third-order valence-corrected chi connectivity index (χ3v) is 3.81. The molecule has 0 aliphatic carbocycles. The van der Waals surface area contributed by atoms with Crippen molar-refractivity contribution in [2.24, 2.45) is 0 Å². The van der Waals surface area contributed by atoms with Gasteiger partial charge in [-0.3, -0.25) is 9.59 Å². The van der Waals surface area contributed by atoms with Gasteiger partial charge in [0.2, 0.25) is 0 Å². The van der Waals surface area contributed by atoms with Gasteiger partial charge >= 0.3 is 5.97 Å². The molecule has 0 heterocycles. The second-order valence-electron chi connectivity index (χ2n) is 5.44. The first-order valence-corrected chi connectivity index (χ1v) is 7.10. The van der Waals surface area contributed by atoms with Crippen LogP contribution in [0.25, 0.3) is 0 Å². The van der Waals surface area contributed by atoms with Crippen LogP contribution in [0.5, 0.6) is 0 Å². The summed E-state index contributed by atoms with van der Waals surface area (Å²) in [5.74, 6) is -1.61. The van der Waals surface area contributed by atoms with Crippen molar-refractivity contribution in [3.63, 3.8) is 0 Å². The highest BCUT2D eigenvalue weighted by Crippen LogP contribution is 2.19. The summed E-state index contributed by atoms with van der Waals surface area (Å²) in [6, 6.07) is 12.4. The van der Waals surface area contributed by atoms with E-state index in [0.717, 1.165) is 11.1 Å². The van der Waals surface area contributed by atoms with Gasteiger partial charge in [0.15, 0.2) is 0 Å². The molecule has 114 valence electrons. The third kappa shape index (κ3) is 3.52. The molecule has 0 radical (unpaired) electrons. The van der Waals surface area contributed by atoms with Crippen LogP contribution in [0.1, 0.15) is 39.9 Å². The van der Waals surface area contributed by atoms with E-state index in [0.29, 0.717) is 16.8 Å². The highest BCUT2D eigenvalue weighted by molar-refractivity contribution is 6.04. The van der Waals surface area contributed by atoms with Crippen LogP contribution in [-0.4, -0.2) is 17.0 Å². The van der Waals surface area contributed by atoms with Crippen LogP contribution in [0.2, 0.25) is 0 Å². The molecule has 2 rings (SSSR count). The Kier molecular flexibility index (Phi) is 4.61. The maximum absolute atomic E-state index is 12.2. The van der Waals surface area contributed by atoms with Gasteiger partial charge in [0.1, 0.15) is 0 Å². The highest BCUT2D eigenvalue weighted by Gasteiger charge is 2.13. The minimum Gasteiger partial charge on any atom is -0.481 e. The van der Waals surface area contributed by atoms with Crippen molar-refractivity contribution in [2.75, 3.05) is 5.32 Å². The van der Waals surface area contributed by atoms with E-state index < -0.39 is 11.9 Å². The minimum atomic E-state index is -0.869. The SMILES string of the molecule is Cc1ccc(C(=O)Nc2ccc(C(C)C(=O)O)cc2)cc1C. The van der Waals surface area contributed by atoms with Crippen LogP contribution in [0.3, 0.4) is 0 Å². The summed E-state index contributed by atoms with van der Waals surface area (Å²) >= 11 is 0. The lowest BCUT2D eigenvalue weighted by atomic mass is 10.0. The van der Waals surface area contributed by atoms with E-state index in [-0.39, 0.29) is 5.91 Å². The number of carbonyl (C=O) groups is 2. The first-order chi connectivity index (χ1) is 10.4. The maximum Gasteiger partial charge on any atom is 0.310 e. The van der Waals surface area contributed by atoms with Crippen LogP contribution in [-0.2, 0) is 4.79 Å². The summed E-state index contributed by atoms with van der Waals surface area (Å²) in [4.78, 5) is 23.1. The van der Waals surface area contributed by atoms with Crippen molar-refractivity contribution in [1.82, 2.24) is 0 Å². The number of rotatable bonds is 4. The van der Waals surface area contributed by atoms with E-state index >= 15 is 0 Å². The van der Waals surface area contributed by atoms with Gasteiger partial charge in [0.05, 0.1) is 5.92 Å². The fourth-order valence-corrected chi connectivity index (χ4v) is 2.08. The summed E-state index contributed by atoms with van der Waals surface area (Å²) in [5, 5.41) is 11.8. The van der Waals surface area contributed by atoms with E-state index in [1.807, 2.05) is 26.0 Å². The Balaban J connectivity index is 2.11. The molecule has 0 fully saturated rings. The number of hydrogen-bond acceptors (Lipinski definition) is 2. The molecule has 1 unspecified atom stereocenters. The van der Waals surface area contributed by atoms with E-state index in [4.69, 9.17) is 5.11 Å². The lowest BCUT2D eigenvalue weighted by Gasteiger charge is -2.10. The zero-order chi connectivity index (χ0) is 16.3. The summed E-state index contributed by atoms with van der Waals surface area (Å²) in [7, 11) is 0. The summed E-state index contributed by atoms with van der Waals surface area (Å²) in [6.07, 6.45) is 0. The van der Waals surface area contributed by atoms with Crippen LogP contribution in [0.4, 0.5) is 5.69 Å².